The third-order valence-corrected chi connectivity index (χ3v) is 9.29. The van der Waals surface area contributed by atoms with Crippen molar-refractivity contribution in [3.05, 3.63) is 78.0 Å². The predicted octanol–water partition coefficient (Wildman–Crippen LogP) is 5.71. The first kappa shape index (κ1) is 28.1. The van der Waals surface area contributed by atoms with Crippen LogP contribution in [0.25, 0.3) is 10.9 Å². The molecule has 2 aromatic carbocycles. The van der Waals surface area contributed by atoms with E-state index >= 15 is 0 Å². The van der Waals surface area contributed by atoms with Gasteiger partial charge in [-0.3, -0.25) is 14.2 Å². The van der Waals surface area contributed by atoms with E-state index in [-0.39, 0.29) is 24.2 Å². The fraction of sp³-hybridized carbons (Fsp3) is 0.441. The van der Waals surface area contributed by atoms with E-state index in [0.29, 0.717) is 31.4 Å². The second-order valence-corrected chi connectivity index (χ2v) is 13.1. The number of hydrogen-bond donors (Lipinski definition) is 0. The summed E-state index contributed by atoms with van der Waals surface area (Å²) in [4.78, 5) is 46.3. The lowest BCUT2D eigenvalue weighted by Gasteiger charge is -2.64. The van der Waals surface area contributed by atoms with Gasteiger partial charge in [-0.05, 0) is 76.3 Å². The number of piperazine rings is 1. The number of hydrogen-bond acceptors (Lipinski definition) is 5. The van der Waals surface area contributed by atoms with E-state index in [2.05, 4.69) is 6.58 Å². The molecule has 1 aromatic heterocycles. The topological polar surface area (TPSA) is 81.1 Å². The van der Waals surface area contributed by atoms with Crippen LogP contribution in [0.4, 0.5) is 4.79 Å². The monoisotopic (exact) mass is 569 g/mol. The highest BCUT2D eigenvalue weighted by Crippen LogP contribution is 2.56. The molecule has 4 aliphatic rings. The van der Waals surface area contributed by atoms with Crippen LogP contribution in [-0.4, -0.2) is 62.6 Å². The van der Waals surface area contributed by atoms with Crippen LogP contribution in [0.15, 0.2) is 66.9 Å². The van der Waals surface area contributed by atoms with Crippen LogP contribution in [-0.2, 0) is 27.3 Å². The van der Waals surface area contributed by atoms with E-state index in [1.807, 2.05) is 86.0 Å². The molecule has 8 heteroatoms. The van der Waals surface area contributed by atoms with E-state index in [1.165, 1.54) is 4.57 Å². The number of carbonyl (C=O) groups excluding carboxylic acids is 3. The Labute approximate surface area is 246 Å². The molecule has 3 aromatic rings. The van der Waals surface area contributed by atoms with Crippen molar-refractivity contribution in [1.29, 1.82) is 0 Å². The van der Waals surface area contributed by atoms with Crippen molar-refractivity contribution in [2.24, 2.45) is 5.92 Å². The van der Waals surface area contributed by atoms with Gasteiger partial charge in [0.1, 0.15) is 22.4 Å². The number of piperidine rings is 2. The van der Waals surface area contributed by atoms with E-state index in [1.54, 1.807) is 13.3 Å². The highest BCUT2D eigenvalue weighted by atomic mass is 16.6. The molecule has 2 amide bonds. The third kappa shape index (κ3) is 4.14. The van der Waals surface area contributed by atoms with Crippen LogP contribution in [0.2, 0.25) is 0 Å². The van der Waals surface area contributed by atoms with Crippen molar-refractivity contribution >= 4 is 28.8 Å². The largest absolute Gasteiger partial charge is 0.497 e. The lowest BCUT2D eigenvalue weighted by atomic mass is 9.60. The first-order valence-corrected chi connectivity index (χ1v) is 14.7. The quantitative estimate of drug-likeness (QED) is 0.355. The predicted molar refractivity (Wildman–Crippen MR) is 160 cm³/mol. The fourth-order valence-corrected chi connectivity index (χ4v) is 7.47. The summed E-state index contributed by atoms with van der Waals surface area (Å²) in [5.41, 5.74) is 0.635. The number of rotatable bonds is 6. The summed E-state index contributed by atoms with van der Waals surface area (Å²) in [6.45, 7) is 12.7. The molecule has 220 valence electrons. The first-order chi connectivity index (χ1) is 19.9. The SMILES string of the molecule is C=C(C)[C@H]1C[C@@]23CCCN2C(=O)[C@]1(Cc1cn(C(=O)OC(C)(C)C)c2ccccc12)N(Cc1ccc(OC)cc1)C3=O. The van der Waals surface area contributed by atoms with Gasteiger partial charge in [-0.1, -0.05) is 42.5 Å². The van der Waals surface area contributed by atoms with Crippen molar-refractivity contribution < 1.29 is 23.9 Å². The summed E-state index contributed by atoms with van der Waals surface area (Å²) in [7, 11) is 1.62. The van der Waals surface area contributed by atoms with Gasteiger partial charge in [0.25, 0.3) is 0 Å². The molecule has 4 aliphatic heterocycles. The molecule has 4 fully saturated rings. The summed E-state index contributed by atoms with van der Waals surface area (Å²) in [5.74, 6) is 0.468. The molecular weight excluding hydrogens is 530 g/mol. The van der Waals surface area contributed by atoms with Gasteiger partial charge in [0.2, 0.25) is 11.8 Å². The Hall–Kier alpha value is -4.07. The van der Waals surface area contributed by atoms with Gasteiger partial charge in [-0.2, -0.15) is 0 Å². The van der Waals surface area contributed by atoms with E-state index in [4.69, 9.17) is 9.47 Å². The third-order valence-electron chi connectivity index (χ3n) is 9.29. The normalized spacial score (nSPS) is 25.2. The Morgan fingerprint density at radius 2 is 1.79 bits per heavy atom. The molecule has 1 spiro atoms. The summed E-state index contributed by atoms with van der Waals surface area (Å²) in [6, 6.07) is 15.3. The molecule has 0 unspecified atom stereocenters. The number of aromatic nitrogens is 1. The maximum absolute atomic E-state index is 14.8. The minimum absolute atomic E-state index is 0.00352. The van der Waals surface area contributed by atoms with Crippen LogP contribution >= 0.6 is 0 Å². The van der Waals surface area contributed by atoms with E-state index < -0.39 is 22.8 Å². The van der Waals surface area contributed by atoms with E-state index in [0.717, 1.165) is 34.3 Å². The van der Waals surface area contributed by atoms with Crippen LogP contribution < -0.4 is 4.74 Å². The van der Waals surface area contributed by atoms with Crippen molar-refractivity contribution in [1.82, 2.24) is 14.4 Å². The molecule has 8 nitrogen and oxygen atoms in total. The second-order valence-electron chi connectivity index (χ2n) is 13.1. The molecule has 0 radical (unpaired) electrons. The van der Waals surface area contributed by atoms with Crippen molar-refractivity contribution in [3.8, 4) is 5.75 Å². The standard InChI is InChI=1S/C34H39N3O5/c1-22(2)27-19-33-16-9-17-36(33)30(39)34(27,37(29(33)38)20-23-12-14-25(41-6)15-13-23)18-24-21-35(31(40)42-32(3,4)5)28-11-8-7-10-26(24)28/h7-8,10-15,21,27H,1,9,16-20H2,2-6H3/t27-,33-,34-/m1/s1. The van der Waals surface area contributed by atoms with Gasteiger partial charge in [0.15, 0.2) is 0 Å². The number of para-hydroxylation sites is 1. The van der Waals surface area contributed by atoms with Gasteiger partial charge in [0.05, 0.1) is 12.6 Å². The summed E-state index contributed by atoms with van der Waals surface area (Å²) in [5, 5.41) is 0.853. The zero-order valence-electron chi connectivity index (χ0n) is 25.1. The van der Waals surface area contributed by atoms with Gasteiger partial charge in [0, 0.05) is 37.0 Å². The lowest BCUT2D eigenvalue weighted by Crippen LogP contribution is -2.82. The number of benzene rings is 2. The van der Waals surface area contributed by atoms with Crippen LogP contribution in [0.1, 0.15) is 58.1 Å². The highest BCUT2D eigenvalue weighted by Gasteiger charge is 2.72. The molecule has 2 bridgehead atoms. The Bertz CT molecular complexity index is 1600. The Morgan fingerprint density at radius 3 is 2.45 bits per heavy atom. The molecule has 4 saturated heterocycles. The summed E-state index contributed by atoms with van der Waals surface area (Å²) in [6.07, 6.45) is 3.58. The van der Waals surface area contributed by atoms with Gasteiger partial charge in [-0.25, -0.2) is 4.79 Å². The van der Waals surface area contributed by atoms with Crippen LogP contribution in [0, 0.1) is 5.92 Å². The Morgan fingerprint density at radius 1 is 1.07 bits per heavy atom. The number of methoxy groups -OCH3 is 1. The molecule has 3 atom stereocenters. The van der Waals surface area contributed by atoms with Crippen LogP contribution in [0.5, 0.6) is 5.75 Å². The number of nitrogens with zero attached hydrogens (tertiary/aromatic N) is 3. The van der Waals surface area contributed by atoms with Crippen molar-refractivity contribution in [2.45, 2.75) is 76.6 Å². The van der Waals surface area contributed by atoms with Crippen molar-refractivity contribution in [2.75, 3.05) is 13.7 Å². The number of carbonyl (C=O) groups is 3. The maximum Gasteiger partial charge on any atom is 0.419 e. The summed E-state index contributed by atoms with van der Waals surface area (Å²) < 4.78 is 12.6. The maximum atomic E-state index is 14.8. The molecule has 7 rings (SSSR count). The highest BCUT2D eigenvalue weighted by molar-refractivity contribution is 6.06. The molecule has 5 heterocycles. The molecule has 0 saturated carbocycles. The smallest absolute Gasteiger partial charge is 0.419 e. The van der Waals surface area contributed by atoms with Crippen LogP contribution in [0.3, 0.4) is 0 Å². The molecule has 42 heavy (non-hydrogen) atoms. The zero-order valence-corrected chi connectivity index (χ0v) is 25.1. The first-order valence-electron chi connectivity index (χ1n) is 14.7. The molecular formula is C34H39N3O5. The van der Waals surface area contributed by atoms with Gasteiger partial charge < -0.3 is 19.3 Å². The number of fused-ring (bicyclic) bond motifs is 3. The average Bonchev–Trinajstić information content (AvgIpc) is 3.54. The Kier molecular flexibility index (Phi) is 6.52. The minimum Gasteiger partial charge on any atom is -0.497 e. The summed E-state index contributed by atoms with van der Waals surface area (Å²) >= 11 is 0. The van der Waals surface area contributed by atoms with E-state index in [9.17, 15) is 14.4 Å². The number of ether oxygens (including phenoxy) is 2. The molecule has 0 N–H and O–H groups in total. The minimum atomic E-state index is -1.18. The number of amides is 2. The fourth-order valence-electron chi connectivity index (χ4n) is 7.47. The van der Waals surface area contributed by atoms with Gasteiger partial charge >= 0.3 is 6.09 Å². The van der Waals surface area contributed by atoms with Gasteiger partial charge in [-0.15, -0.1) is 0 Å². The zero-order chi connectivity index (χ0) is 30.0. The molecule has 0 aliphatic carbocycles. The lowest BCUT2D eigenvalue weighted by molar-refractivity contribution is -0.196. The second kappa shape index (κ2) is 9.75. The Balaban J connectivity index is 1.51. The van der Waals surface area contributed by atoms with Crippen molar-refractivity contribution in [3.63, 3.8) is 0 Å². The average molecular weight is 570 g/mol.